The van der Waals surface area contributed by atoms with E-state index in [1.54, 1.807) is 0 Å². The molecule has 0 aromatic heterocycles. The summed E-state index contributed by atoms with van der Waals surface area (Å²) in [4.78, 5) is 12.5. The smallest absolute Gasteiger partial charge is 0.353 e. The van der Waals surface area contributed by atoms with Crippen LogP contribution in [0.15, 0.2) is 12.3 Å². The van der Waals surface area contributed by atoms with E-state index in [1.165, 1.54) is 7.11 Å². The molecule has 0 bridgehead atoms. The fourth-order valence-corrected chi connectivity index (χ4v) is 0.567. The Hall–Kier alpha value is -0.990. The van der Waals surface area contributed by atoms with Crippen molar-refractivity contribution in [2.75, 3.05) is 20.2 Å². The van der Waals surface area contributed by atoms with Crippen molar-refractivity contribution in [1.82, 2.24) is 4.90 Å². The van der Waals surface area contributed by atoms with Gasteiger partial charge in [-0.2, -0.15) is 0 Å². The van der Waals surface area contributed by atoms with Gasteiger partial charge in [0.25, 0.3) is 0 Å². The fourth-order valence-electron chi connectivity index (χ4n) is 0.567. The lowest BCUT2D eigenvalue weighted by Crippen LogP contribution is -2.10. The first-order valence-electron chi connectivity index (χ1n) is 2.78. The number of ether oxygens (including phenoxy) is 1. The summed E-state index contributed by atoms with van der Waals surface area (Å²) < 4.78 is 4.43. The standard InChI is InChI=1S/C6H9NO2/c1-5(6(8)9-2)7-3-4-7/h1,3-4H2,2H3. The molecule has 1 aliphatic rings. The molecule has 0 saturated carbocycles. The van der Waals surface area contributed by atoms with Gasteiger partial charge in [0, 0.05) is 13.1 Å². The van der Waals surface area contributed by atoms with Crippen LogP contribution >= 0.6 is 0 Å². The number of hydrogen-bond donors (Lipinski definition) is 0. The van der Waals surface area contributed by atoms with Crippen molar-refractivity contribution in [3.8, 4) is 0 Å². The van der Waals surface area contributed by atoms with Gasteiger partial charge in [0.15, 0.2) is 0 Å². The number of nitrogens with zero attached hydrogens (tertiary/aromatic N) is 1. The van der Waals surface area contributed by atoms with E-state index in [2.05, 4.69) is 11.3 Å². The maximum atomic E-state index is 10.6. The minimum absolute atomic E-state index is 0.326. The van der Waals surface area contributed by atoms with E-state index >= 15 is 0 Å². The number of hydrogen-bond acceptors (Lipinski definition) is 3. The first-order chi connectivity index (χ1) is 4.25. The molecular weight excluding hydrogens is 118 g/mol. The number of esters is 1. The van der Waals surface area contributed by atoms with Crippen LogP contribution in [-0.4, -0.2) is 31.1 Å². The minimum Gasteiger partial charge on any atom is -0.464 e. The molecule has 9 heavy (non-hydrogen) atoms. The Kier molecular flexibility index (Phi) is 1.42. The monoisotopic (exact) mass is 127 g/mol. The third kappa shape index (κ3) is 1.22. The van der Waals surface area contributed by atoms with Crippen LogP contribution in [0.1, 0.15) is 0 Å². The third-order valence-corrected chi connectivity index (χ3v) is 1.25. The van der Waals surface area contributed by atoms with E-state index in [0.29, 0.717) is 5.70 Å². The summed E-state index contributed by atoms with van der Waals surface area (Å²) in [7, 11) is 1.36. The van der Waals surface area contributed by atoms with Crippen molar-refractivity contribution in [1.29, 1.82) is 0 Å². The van der Waals surface area contributed by atoms with Gasteiger partial charge in [0.1, 0.15) is 5.70 Å². The number of carbonyl (C=O) groups excluding carboxylic acids is 1. The second kappa shape index (κ2) is 2.09. The van der Waals surface area contributed by atoms with E-state index in [9.17, 15) is 4.79 Å². The van der Waals surface area contributed by atoms with Gasteiger partial charge in [-0.15, -0.1) is 0 Å². The highest BCUT2D eigenvalue weighted by Crippen LogP contribution is 2.12. The van der Waals surface area contributed by atoms with Crippen LogP contribution in [0, 0.1) is 0 Å². The Morgan fingerprint density at radius 2 is 2.22 bits per heavy atom. The van der Waals surface area contributed by atoms with Crippen LogP contribution in [-0.2, 0) is 9.53 Å². The summed E-state index contributed by atoms with van der Waals surface area (Å²) in [5.74, 6) is -0.326. The maximum absolute atomic E-state index is 10.6. The van der Waals surface area contributed by atoms with Gasteiger partial charge in [0.05, 0.1) is 7.11 Å². The average Bonchev–Trinajstić information content (AvgIpc) is 2.66. The summed E-state index contributed by atoms with van der Waals surface area (Å²) in [5, 5.41) is 0. The van der Waals surface area contributed by atoms with E-state index in [0.717, 1.165) is 13.1 Å². The highest BCUT2D eigenvalue weighted by molar-refractivity contribution is 5.87. The van der Waals surface area contributed by atoms with Crippen molar-refractivity contribution in [3.05, 3.63) is 12.3 Å². The van der Waals surface area contributed by atoms with Crippen molar-refractivity contribution >= 4 is 5.97 Å². The molecule has 0 atom stereocenters. The summed E-state index contributed by atoms with van der Waals surface area (Å²) in [6.45, 7) is 5.42. The van der Waals surface area contributed by atoms with E-state index in [4.69, 9.17) is 0 Å². The van der Waals surface area contributed by atoms with Gasteiger partial charge in [-0.1, -0.05) is 6.58 Å². The van der Waals surface area contributed by atoms with E-state index in [1.807, 2.05) is 4.90 Å². The molecule has 1 saturated heterocycles. The van der Waals surface area contributed by atoms with Crippen LogP contribution in [0.5, 0.6) is 0 Å². The zero-order chi connectivity index (χ0) is 6.85. The average molecular weight is 127 g/mol. The molecule has 3 heteroatoms. The van der Waals surface area contributed by atoms with Crippen molar-refractivity contribution in [2.24, 2.45) is 0 Å². The first-order valence-corrected chi connectivity index (χ1v) is 2.78. The summed E-state index contributed by atoms with van der Waals surface area (Å²) in [6.07, 6.45) is 0. The Morgan fingerprint density at radius 3 is 2.56 bits per heavy atom. The maximum Gasteiger partial charge on any atom is 0.353 e. The molecule has 1 aliphatic heterocycles. The van der Waals surface area contributed by atoms with Gasteiger partial charge >= 0.3 is 5.97 Å². The number of rotatable bonds is 2. The highest BCUT2D eigenvalue weighted by Gasteiger charge is 2.24. The molecule has 0 aliphatic carbocycles. The number of carbonyl (C=O) groups is 1. The van der Waals surface area contributed by atoms with Crippen molar-refractivity contribution < 1.29 is 9.53 Å². The van der Waals surface area contributed by atoms with Crippen LogP contribution in [0.25, 0.3) is 0 Å². The molecule has 0 spiro atoms. The van der Waals surface area contributed by atoms with Gasteiger partial charge in [0.2, 0.25) is 0 Å². The lowest BCUT2D eigenvalue weighted by Gasteiger charge is -2.01. The highest BCUT2D eigenvalue weighted by atomic mass is 16.5. The molecular formula is C6H9NO2. The Bertz CT molecular complexity index is 149. The summed E-state index contributed by atoms with van der Waals surface area (Å²) >= 11 is 0. The second-order valence-electron chi connectivity index (χ2n) is 1.93. The summed E-state index contributed by atoms with van der Waals surface area (Å²) in [6, 6.07) is 0. The molecule has 1 heterocycles. The molecule has 1 fully saturated rings. The molecule has 0 amide bonds. The topological polar surface area (TPSA) is 29.3 Å². The van der Waals surface area contributed by atoms with Crippen LogP contribution in [0.4, 0.5) is 0 Å². The molecule has 0 unspecified atom stereocenters. The van der Waals surface area contributed by atoms with Gasteiger partial charge in [-0.05, 0) is 0 Å². The van der Waals surface area contributed by atoms with E-state index in [-0.39, 0.29) is 5.97 Å². The molecule has 1 rings (SSSR count). The molecule has 0 radical (unpaired) electrons. The quantitative estimate of drug-likeness (QED) is 0.297. The zero-order valence-corrected chi connectivity index (χ0v) is 5.39. The van der Waals surface area contributed by atoms with Gasteiger partial charge in [-0.25, -0.2) is 4.79 Å². The SMILES string of the molecule is C=C(C(=O)OC)N1CC1. The first kappa shape index (κ1) is 6.13. The largest absolute Gasteiger partial charge is 0.464 e. The molecule has 0 aromatic carbocycles. The van der Waals surface area contributed by atoms with Crippen LogP contribution in [0.3, 0.4) is 0 Å². The molecule has 3 nitrogen and oxygen atoms in total. The Morgan fingerprint density at radius 1 is 1.67 bits per heavy atom. The predicted octanol–water partition coefficient (Wildman–Crippen LogP) is -0.0113. The number of methoxy groups -OCH3 is 1. The normalized spacial score (nSPS) is 15.0. The fraction of sp³-hybridized carbons (Fsp3) is 0.500. The van der Waals surface area contributed by atoms with Crippen LogP contribution in [0.2, 0.25) is 0 Å². The second-order valence-corrected chi connectivity index (χ2v) is 1.93. The summed E-state index contributed by atoms with van der Waals surface area (Å²) in [5.41, 5.74) is 0.470. The Balaban J connectivity index is 2.40. The van der Waals surface area contributed by atoms with Gasteiger partial charge in [-0.3, -0.25) is 0 Å². The molecule has 0 N–H and O–H groups in total. The Labute approximate surface area is 53.9 Å². The lowest BCUT2D eigenvalue weighted by atomic mass is 10.5. The van der Waals surface area contributed by atoms with Crippen molar-refractivity contribution in [2.45, 2.75) is 0 Å². The predicted molar refractivity (Wildman–Crippen MR) is 32.7 cm³/mol. The minimum atomic E-state index is -0.326. The van der Waals surface area contributed by atoms with Crippen molar-refractivity contribution in [3.63, 3.8) is 0 Å². The van der Waals surface area contributed by atoms with Crippen LogP contribution < -0.4 is 0 Å². The van der Waals surface area contributed by atoms with Gasteiger partial charge < -0.3 is 9.64 Å². The lowest BCUT2D eigenvalue weighted by molar-refractivity contribution is -0.137. The van der Waals surface area contributed by atoms with E-state index < -0.39 is 0 Å². The molecule has 50 valence electrons. The molecule has 0 aromatic rings. The third-order valence-electron chi connectivity index (χ3n) is 1.25. The zero-order valence-electron chi connectivity index (χ0n) is 5.39.